The molecule has 2 aliphatic heterocycles. The monoisotopic (exact) mass is 440 g/mol. The molecule has 31 heavy (non-hydrogen) atoms. The first kappa shape index (κ1) is 22.1. The number of aliphatic imine (C=N–C) groups is 1. The van der Waals surface area contributed by atoms with Crippen molar-refractivity contribution in [1.82, 2.24) is 14.8 Å². The van der Waals surface area contributed by atoms with Gasteiger partial charge in [0.2, 0.25) is 0 Å². The SMILES string of the molecule is NC(=NCCCCN1CCC(Cc2ccccc2)CC1)N1CCN(c2nccs2)CC1. The van der Waals surface area contributed by atoms with Crippen LogP contribution in [0.4, 0.5) is 5.13 Å². The predicted molar refractivity (Wildman–Crippen MR) is 131 cm³/mol. The van der Waals surface area contributed by atoms with Gasteiger partial charge in [-0.2, -0.15) is 0 Å². The van der Waals surface area contributed by atoms with Crippen molar-refractivity contribution in [1.29, 1.82) is 0 Å². The van der Waals surface area contributed by atoms with Crippen LogP contribution in [0, 0.1) is 5.92 Å². The molecule has 2 N–H and O–H groups in total. The number of anilines is 1. The van der Waals surface area contributed by atoms with Gasteiger partial charge in [0.15, 0.2) is 11.1 Å². The van der Waals surface area contributed by atoms with E-state index in [-0.39, 0.29) is 0 Å². The maximum Gasteiger partial charge on any atom is 0.191 e. The second-order valence-corrected chi connectivity index (χ2v) is 9.58. The summed E-state index contributed by atoms with van der Waals surface area (Å²) < 4.78 is 0. The second kappa shape index (κ2) is 11.5. The molecule has 0 unspecified atom stereocenters. The average molecular weight is 441 g/mol. The lowest BCUT2D eigenvalue weighted by molar-refractivity contribution is 0.181. The number of nitrogens with zero attached hydrogens (tertiary/aromatic N) is 5. The Morgan fingerprint density at radius 3 is 2.52 bits per heavy atom. The molecule has 7 heteroatoms. The highest BCUT2D eigenvalue weighted by molar-refractivity contribution is 7.13. The van der Waals surface area contributed by atoms with Gasteiger partial charge in [-0.1, -0.05) is 30.3 Å². The average Bonchev–Trinajstić information content (AvgIpc) is 3.36. The number of benzene rings is 1. The highest BCUT2D eigenvalue weighted by atomic mass is 32.1. The van der Waals surface area contributed by atoms with Gasteiger partial charge in [0.25, 0.3) is 0 Å². The van der Waals surface area contributed by atoms with Gasteiger partial charge in [-0.15, -0.1) is 11.3 Å². The molecule has 2 fully saturated rings. The Hall–Kier alpha value is -2.12. The Balaban J connectivity index is 1.07. The molecule has 1 aromatic carbocycles. The van der Waals surface area contributed by atoms with E-state index in [1.807, 2.05) is 11.6 Å². The van der Waals surface area contributed by atoms with Crippen LogP contribution in [-0.4, -0.2) is 73.1 Å². The number of nitrogens with two attached hydrogens (primary N) is 1. The molecule has 4 rings (SSSR count). The molecule has 0 amide bonds. The normalized spacial score (nSPS) is 19.2. The fourth-order valence-corrected chi connectivity index (χ4v) is 5.30. The van der Waals surface area contributed by atoms with Crippen LogP contribution in [0.2, 0.25) is 0 Å². The van der Waals surface area contributed by atoms with E-state index in [0.717, 1.165) is 50.2 Å². The molecule has 168 valence electrons. The first-order valence-corrected chi connectivity index (χ1v) is 12.6. The van der Waals surface area contributed by atoms with E-state index in [1.165, 1.54) is 50.9 Å². The minimum absolute atomic E-state index is 0.709. The van der Waals surface area contributed by atoms with Crippen molar-refractivity contribution in [3.05, 3.63) is 47.5 Å². The van der Waals surface area contributed by atoms with E-state index >= 15 is 0 Å². The molecule has 0 spiro atoms. The maximum absolute atomic E-state index is 6.25. The van der Waals surface area contributed by atoms with Gasteiger partial charge in [0, 0.05) is 44.3 Å². The smallest absolute Gasteiger partial charge is 0.191 e. The summed E-state index contributed by atoms with van der Waals surface area (Å²) in [5.74, 6) is 1.56. The van der Waals surface area contributed by atoms with Gasteiger partial charge in [-0.25, -0.2) is 4.98 Å². The van der Waals surface area contributed by atoms with Crippen molar-refractivity contribution in [3.8, 4) is 0 Å². The van der Waals surface area contributed by atoms with Crippen LogP contribution >= 0.6 is 11.3 Å². The number of hydrogen-bond acceptors (Lipinski definition) is 5. The van der Waals surface area contributed by atoms with Crippen molar-refractivity contribution in [3.63, 3.8) is 0 Å². The fourth-order valence-electron chi connectivity index (χ4n) is 4.60. The summed E-state index contributed by atoms with van der Waals surface area (Å²) in [6.07, 6.45) is 8.08. The number of piperazine rings is 1. The van der Waals surface area contributed by atoms with Crippen LogP contribution in [0.5, 0.6) is 0 Å². The first-order valence-electron chi connectivity index (χ1n) is 11.7. The standard InChI is InChI=1S/C24H36N6S/c25-23(29-15-17-30(18-16-29)24-27-11-19-31-24)26-10-4-5-12-28-13-8-22(9-14-28)20-21-6-2-1-3-7-21/h1-3,6-7,11,19,22H,4-5,8-10,12-18,20H2,(H2,25,26). The van der Waals surface area contributed by atoms with Gasteiger partial charge in [0.05, 0.1) is 0 Å². The van der Waals surface area contributed by atoms with Gasteiger partial charge >= 0.3 is 0 Å². The van der Waals surface area contributed by atoms with Crippen molar-refractivity contribution >= 4 is 22.4 Å². The molecule has 0 atom stereocenters. The largest absolute Gasteiger partial charge is 0.370 e. The molecule has 3 heterocycles. The van der Waals surface area contributed by atoms with Crippen LogP contribution in [0.15, 0.2) is 46.9 Å². The van der Waals surface area contributed by atoms with Crippen LogP contribution in [0.25, 0.3) is 0 Å². The number of unbranched alkanes of at least 4 members (excludes halogenated alkanes) is 1. The molecule has 0 aliphatic carbocycles. The molecule has 0 bridgehead atoms. The zero-order valence-electron chi connectivity index (χ0n) is 18.5. The zero-order chi connectivity index (χ0) is 21.3. The number of hydrogen-bond donors (Lipinski definition) is 1. The summed E-state index contributed by atoms with van der Waals surface area (Å²) in [5, 5.41) is 3.14. The van der Waals surface area contributed by atoms with E-state index in [1.54, 1.807) is 11.3 Å². The molecule has 0 radical (unpaired) electrons. The van der Waals surface area contributed by atoms with E-state index in [9.17, 15) is 0 Å². The van der Waals surface area contributed by atoms with Crippen LogP contribution in [-0.2, 0) is 6.42 Å². The summed E-state index contributed by atoms with van der Waals surface area (Å²) in [5.41, 5.74) is 7.74. The van der Waals surface area contributed by atoms with E-state index in [4.69, 9.17) is 5.73 Å². The molecule has 6 nitrogen and oxygen atoms in total. The number of piperidine rings is 1. The lowest BCUT2D eigenvalue weighted by Crippen LogP contribution is -2.51. The topological polar surface area (TPSA) is 61.0 Å². The van der Waals surface area contributed by atoms with Crippen LogP contribution < -0.4 is 10.6 Å². The maximum atomic E-state index is 6.25. The predicted octanol–water partition coefficient (Wildman–Crippen LogP) is 3.31. The fraction of sp³-hybridized carbons (Fsp3) is 0.583. The Bertz CT molecular complexity index is 778. The molecule has 1 aromatic heterocycles. The molecule has 2 aliphatic rings. The summed E-state index contributed by atoms with van der Waals surface area (Å²) in [7, 11) is 0. The lowest BCUT2D eigenvalue weighted by Gasteiger charge is -2.35. The number of rotatable bonds is 8. The third-order valence-corrected chi connectivity index (χ3v) is 7.36. The van der Waals surface area contributed by atoms with Gasteiger partial charge in [0.1, 0.15) is 0 Å². The van der Waals surface area contributed by atoms with Crippen LogP contribution in [0.1, 0.15) is 31.2 Å². The van der Waals surface area contributed by atoms with Crippen LogP contribution in [0.3, 0.4) is 0 Å². The van der Waals surface area contributed by atoms with E-state index in [2.05, 4.69) is 55.0 Å². The van der Waals surface area contributed by atoms with E-state index < -0.39 is 0 Å². The van der Waals surface area contributed by atoms with Crippen molar-refractivity contribution in [2.45, 2.75) is 32.1 Å². The van der Waals surface area contributed by atoms with Crippen molar-refractivity contribution in [2.75, 3.05) is 57.3 Å². The molecule has 2 aromatic rings. The lowest BCUT2D eigenvalue weighted by atomic mass is 9.90. The Kier molecular flexibility index (Phi) is 8.18. The zero-order valence-corrected chi connectivity index (χ0v) is 19.3. The number of likely N-dealkylation sites (tertiary alicyclic amines) is 1. The highest BCUT2D eigenvalue weighted by Crippen LogP contribution is 2.22. The second-order valence-electron chi connectivity index (χ2n) is 8.71. The highest BCUT2D eigenvalue weighted by Gasteiger charge is 2.20. The Labute approximate surface area is 190 Å². The molecule has 2 saturated heterocycles. The quantitative estimate of drug-likeness (QED) is 0.388. The molecular formula is C24H36N6S. The van der Waals surface area contributed by atoms with Crippen molar-refractivity contribution in [2.24, 2.45) is 16.6 Å². The summed E-state index contributed by atoms with van der Waals surface area (Å²) in [4.78, 5) is 16.2. The Morgan fingerprint density at radius 2 is 1.81 bits per heavy atom. The summed E-state index contributed by atoms with van der Waals surface area (Å²) in [6, 6.07) is 10.9. The number of guanidine groups is 1. The van der Waals surface area contributed by atoms with Gasteiger partial charge in [-0.05, 0) is 63.2 Å². The van der Waals surface area contributed by atoms with Gasteiger partial charge in [-0.3, -0.25) is 4.99 Å². The Morgan fingerprint density at radius 1 is 1.03 bits per heavy atom. The number of thiazole rings is 1. The summed E-state index contributed by atoms with van der Waals surface area (Å²) in [6.45, 7) is 8.29. The number of aromatic nitrogens is 1. The minimum atomic E-state index is 0.709. The molecular weight excluding hydrogens is 404 g/mol. The summed E-state index contributed by atoms with van der Waals surface area (Å²) >= 11 is 1.70. The third-order valence-electron chi connectivity index (χ3n) is 6.52. The van der Waals surface area contributed by atoms with Gasteiger partial charge < -0.3 is 20.4 Å². The van der Waals surface area contributed by atoms with Crippen molar-refractivity contribution < 1.29 is 0 Å². The van der Waals surface area contributed by atoms with E-state index in [0.29, 0.717) is 5.96 Å². The minimum Gasteiger partial charge on any atom is -0.370 e. The first-order chi connectivity index (χ1) is 15.3. The molecule has 0 saturated carbocycles. The third kappa shape index (κ3) is 6.68.